The molecule has 1 saturated carbocycles. The third-order valence-corrected chi connectivity index (χ3v) is 6.14. The van der Waals surface area contributed by atoms with Crippen LogP contribution in [0.2, 0.25) is 0 Å². The number of likely N-dealkylation sites (N-methyl/N-ethyl adjacent to an activating group) is 1. The van der Waals surface area contributed by atoms with Gasteiger partial charge >= 0.3 is 0 Å². The standard InChI is InChI=1S/C19H26BrN5O/c1-23(19(15-21)7-3-2-4-8-19)18(26)14-24-9-11-25(12-10-24)17-6-5-16(20)13-22-17/h5-6,13H,2-4,7-12,14H2,1H3. The molecule has 2 heterocycles. The average Bonchev–Trinajstić information content (AvgIpc) is 2.69. The highest BCUT2D eigenvalue weighted by Crippen LogP contribution is 2.32. The van der Waals surface area contributed by atoms with Crippen LogP contribution in [0.25, 0.3) is 0 Å². The van der Waals surface area contributed by atoms with Gasteiger partial charge in [0.1, 0.15) is 11.4 Å². The maximum Gasteiger partial charge on any atom is 0.237 e. The number of halogens is 1. The van der Waals surface area contributed by atoms with Gasteiger partial charge in [0.05, 0.1) is 12.6 Å². The van der Waals surface area contributed by atoms with Crippen LogP contribution < -0.4 is 4.90 Å². The maximum atomic E-state index is 12.8. The lowest BCUT2D eigenvalue weighted by molar-refractivity contribution is -0.136. The lowest BCUT2D eigenvalue weighted by atomic mass is 9.81. The van der Waals surface area contributed by atoms with Crippen molar-refractivity contribution >= 4 is 27.7 Å². The molecule has 1 aliphatic heterocycles. The van der Waals surface area contributed by atoms with E-state index < -0.39 is 5.54 Å². The average molecular weight is 420 g/mol. The molecule has 140 valence electrons. The molecule has 0 aromatic carbocycles. The minimum atomic E-state index is -0.599. The molecule has 0 N–H and O–H groups in total. The highest BCUT2D eigenvalue weighted by molar-refractivity contribution is 9.10. The van der Waals surface area contributed by atoms with Gasteiger partial charge in [-0.05, 0) is 40.9 Å². The summed E-state index contributed by atoms with van der Waals surface area (Å²) in [7, 11) is 1.80. The zero-order chi connectivity index (χ0) is 18.6. The van der Waals surface area contributed by atoms with Crippen molar-refractivity contribution in [2.45, 2.75) is 37.6 Å². The van der Waals surface area contributed by atoms with E-state index >= 15 is 0 Å². The molecule has 1 aromatic heterocycles. The van der Waals surface area contributed by atoms with Crippen molar-refractivity contribution in [3.8, 4) is 6.07 Å². The molecule has 0 atom stereocenters. The Morgan fingerprint density at radius 2 is 1.96 bits per heavy atom. The van der Waals surface area contributed by atoms with Crippen LogP contribution >= 0.6 is 15.9 Å². The molecule has 0 bridgehead atoms. The second-order valence-electron chi connectivity index (χ2n) is 7.25. The van der Waals surface area contributed by atoms with Gasteiger partial charge in [0.2, 0.25) is 5.91 Å². The first kappa shape index (κ1) is 19.1. The molecule has 2 aliphatic rings. The van der Waals surface area contributed by atoms with Crippen LogP contribution in [0.3, 0.4) is 0 Å². The summed E-state index contributed by atoms with van der Waals surface area (Å²) in [6.45, 7) is 3.76. The smallest absolute Gasteiger partial charge is 0.237 e. The molecular weight excluding hydrogens is 394 g/mol. The van der Waals surface area contributed by atoms with Crippen molar-refractivity contribution in [2.75, 3.05) is 44.7 Å². The first-order valence-corrected chi connectivity index (χ1v) is 10.1. The number of anilines is 1. The molecule has 0 unspecified atom stereocenters. The van der Waals surface area contributed by atoms with Gasteiger partial charge < -0.3 is 9.80 Å². The lowest BCUT2D eigenvalue weighted by Crippen LogP contribution is -2.55. The third kappa shape index (κ3) is 4.18. The highest BCUT2D eigenvalue weighted by Gasteiger charge is 2.39. The van der Waals surface area contributed by atoms with Gasteiger partial charge in [0.25, 0.3) is 0 Å². The number of carbonyl (C=O) groups excluding carboxylic acids is 1. The summed E-state index contributed by atoms with van der Waals surface area (Å²) >= 11 is 3.41. The van der Waals surface area contributed by atoms with Gasteiger partial charge in [0, 0.05) is 43.9 Å². The Balaban J connectivity index is 1.53. The normalized spacial score (nSPS) is 20.4. The Labute approximate surface area is 163 Å². The fourth-order valence-corrected chi connectivity index (χ4v) is 4.12. The van der Waals surface area contributed by atoms with E-state index in [2.05, 4.69) is 36.8 Å². The van der Waals surface area contributed by atoms with Crippen LogP contribution in [0.1, 0.15) is 32.1 Å². The van der Waals surface area contributed by atoms with E-state index in [4.69, 9.17) is 0 Å². The van der Waals surface area contributed by atoms with Crippen LogP contribution in [-0.2, 0) is 4.79 Å². The predicted octanol–water partition coefficient (Wildman–Crippen LogP) is 2.65. The van der Waals surface area contributed by atoms with Crippen molar-refractivity contribution in [2.24, 2.45) is 0 Å². The van der Waals surface area contributed by atoms with Crippen molar-refractivity contribution < 1.29 is 4.79 Å². The Kier molecular flexibility index (Phi) is 6.15. The number of hydrogen-bond acceptors (Lipinski definition) is 5. The monoisotopic (exact) mass is 419 g/mol. The summed E-state index contributed by atoms with van der Waals surface area (Å²) in [4.78, 5) is 23.4. The van der Waals surface area contributed by atoms with Gasteiger partial charge in [-0.3, -0.25) is 9.69 Å². The summed E-state index contributed by atoms with van der Waals surface area (Å²) in [6.07, 6.45) is 6.64. The number of aromatic nitrogens is 1. The number of hydrogen-bond donors (Lipinski definition) is 0. The number of pyridine rings is 1. The molecule has 3 rings (SSSR count). The van der Waals surface area contributed by atoms with Crippen molar-refractivity contribution in [1.29, 1.82) is 5.26 Å². The van der Waals surface area contributed by atoms with Gasteiger partial charge in [0.15, 0.2) is 0 Å². The van der Waals surface area contributed by atoms with Crippen LogP contribution in [-0.4, -0.2) is 66.0 Å². The Morgan fingerprint density at radius 1 is 1.27 bits per heavy atom. The SMILES string of the molecule is CN(C(=O)CN1CCN(c2ccc(Br)cn2)CC1)C1(C#N)CCCCC1. The van der Waals surface area contributed by atoms with Gasteiger partial charge in [-0.25, -0.2) is 4.98 Å². The highest BCUT2D eigenvalue weighted by atomic mass is 79.9. The van der Waals surface area contributed by atoms with Crippen LogP contribution in [0.4, 0.5) is 5.82 Å². The topological polar surface area (TPSA) is 63.5 Å². The molecule has 1 amide bonds. The molecule has 1 aromatic rings. The van der Waals surface area contributed by atoms with Crippen LogP contribution in [0.15, 0.2) is 22.8 Å². The van der Waals surface area contributed by atoms with E-state index in [0.717, 1.165) is 68.6 Å². The number of piperazine rings is 1. The molecule has 2 fully saturated rings. The Morgan fingerprint density at radius 3 is 2.54 bits per heavy atom. The third-order valence-electron chi connectivity index (χ3n) is 5.67. The van der Waals surface area contributed by atoms with Crippen LogP contribution in [0.5, 0.6) is 0 Å². The van der Waals surface area contributed by atoms with E-state index in [9.17, 15) is 10.1 Å². The van der Waals surface area contributed by atoms with Gasteiger partial charge in [-0.1, -0.05) is 19.3 Å². The summed E-state index contributed by atoms with van der Waals surface area (Å²) in [5.74, 6) is 1.03. The largest absolute Gasteiger partial charge is 0.354 e. The zero-order valence-corrected chi connectivity index (χ0v) is 16.9. The quantitative estimate of drug-likeness (QED) is 0.750. The van der Waals surface area contributed by atoms with Crippen molar-refractivity contribution in [3.63, 3.8) is 0 Å². The minimum absolute atomic E-state index is 0.0590. The van der Waals surface area contributed by atoms with E-state index in [0.29, 0.717) is 6.54 Å². The van der Waals surface area contributed by atoms with Crippen molar-refractivity contribution in [3.05, 3.63) is 22.8 Å². The van der Waals surface area contributed by atoms with E-state index in [-0.39, 0.29) is 5.91 Å². The molecular formula is C19H26BrN5O. The number of carbonyl (C=O) groups is 1. The van der Waals surface area contributed by atoms with Gasteiger partial charge in [-0.15, -0.1) is 0 Å². The second kappa shape index (κ2) is 8.36. The lowest BCUT2D eigenvalue weighted by Gasteiger charge is -2.41. The van der Waals surface area contributed by atoms with Gasteiger partial charge in [-0.2, -0.15) is 5.26 Å². The van der Waals surface area contributed by atoms with Crippen LogP contribution in [0, 0.1) is 11.3 Å². The fraction of sp³-hybridized carbons (Fsp3) is 0.632. The molecule has 7 heteroatoms. The molecule has 1 aliphatic carbocycles. The molecule has 6 nitrogen and oxygen atoms in total. The summed E-state index contributed by atoms with van der Waals surface area (Å²) in [5, 5.41) is 9.67. The zero-order valence-electron chi connectivity index (χ0n) is 15.3. The van der Waals surface area contributed by atoms with E-state index in [1.165, 1.54) is 0 Å². The number of rotatable bonds is 4. The molecule has 0 radical (unpaired) electrons. The first-order valence-electron chi connectivity index (χ1n) is 9.31. The number of amides is 1. The predicted molar refractivity (Wildman–Crippen MR) is 105 cm³/mol. The van der Waals surface area contributed by atoms with Crippen molar-refractivity contribution in [1.82, 2.24) is 14.8 Å². The van der Waals surface area contributed by atoms with E-state index in [1.807, 2.05) is 18.3 Å². The Hall–Kier alpha value is -1.65. The first-order chi connectivity index (χ1) is 12.5. The number of nitrogens with zero attached hydrogens (tertiary/aromatic N) is 5. The second-order valence-corrected chi connectivity index (χ2v) is 8.17. The molecule has 1 saturated heterocycles. The molecule has 0 spiro atoms. The summed E-state index contributed by atoms with van der Waals surface area (Å²) < 4.78 is 0.975. The minimum Gasteiger partial charge on any atom is -0.354 e. The Bertz CT molecular complexity index is 658. The fourth-order valence-electron chi connectivity index (χ4n) is 3.89. The number of nitriles is 1. The maximum absolute atomic E-state index is 12.8. The summed E-state index contributed by atoms with van der Waals surface area (Å²) in [5.41, 5.74) is -0.599. The van der Waals surface area contributed by atoms with E-state index in [1.54, 1.807) is 11.9 Å². The molecule has 26 heavy (non-hydrogen) atoms. The summed E-state index contributed by atoms with van der Waals surface area (Å²) in [6, 6.07) is 6.45.